The molecule has 4 nitrogen and oxygen atoms in total. The molecule has 0 saturated heterocycles. The molecule has 0 amide bonds. The molecule has 2 N–H and O–H groups in total. The van der Waals surface area contributed by atoms with Crippen LogP contribution in [0, 0.1) is 0 Å². The molecule has 1 rings (SSSR count). The number of ether oxygens (including phenoxy) is 2. The third-order valence-electron chi connectivity index (χ3n) is 1.21. The summed E-state index contributed by atoms with van der Waals surface area (Å²) in [5, 5.41) is 1.26. The Bertz CT molecular complexity index is 239. The van der Waals surface area contributed by atoms with Crippen molar-refractivity contribution in [2.75, 3.05) is 19.5 Å². The minimum absolute atomic E-state index is 0.0144. The molecule has 0 saturated carbocycles. The van der Waals surface area contributed by atoms with Gasteiger partial charge in [0.05, 0.1) is 12.8 Å². The van der Waals surface area contributed by atoms with Crippen LogP contribution < -0.4 is 10.5 Å². The first-order valence-electron chi connectivity index (χ1n) is 3.59. The smallest absolute Gasteiger partial charge is 0.275 e. The number of nitrogen functional groups attached to an aromatic ring is 1. The van der Waals surface area contributed by atoms with Crippen molar-refractivity contribution in [2.24, 2.45) is 0 Å². The summed E-state index contributed by atoms with van der Waals surface area (Å²) in [6.07, 6.45) is 1.60. The van der Waals surface area contributed by atoms with Gasteiger partial charge >= 0.3 is 0 Å². The molecule has 0 aliphatic carbocycles. The predicted molar refractivity (Wildman–Crippen MR) is 48.5 cm³/mol. The summed E-state index contributed by atoms with van der Waals surface area (Å²) < 4.78 is 10.3. The number of rotatable bonds is 4. The number of nitrogens with zero attached hydrogens (tertiary/aromatic N) is 1. The lowest BCUT2D eigenvalue weighted by atomic mass is 10.4. The van der Waals surface area contributed by atoms with Gasteiger partial charge in [-0.15, -0.1) is 0 Å². The number of aromatic nitrogens is 1. The maximum absolute atomic E-state index is 5.47. The van der Waals surface area contributed by atoms with Crippen molar-refractivity contribution < 1.29 is 9.47 Å². The van der Waals surface area contributed by atoms with E-state index in [0.29, 0.717) is 16.8 Å². The second kappa shape index (κ2) is 4.27. The molecule has 0 bridgehead atoms. The van der Waals surface area contributed by atoms with Gasteiger partial charge in [-0.05, 0) is 6.92 Å². The Balaban J connectivity index is 2.41. The van der Waals surface area contributed by atoms with Crippen LogP contribution >= 0.6 is 11.3 Å². The monoisotopic (exact) mass is 188 g/mol. The van der Waals surface area contributed by atoms with E-state index in [1.165, 1.54) is 11.3 Å². The topological polar surface area (TPSA) is 57.4 Å². The van der Waals surface area contributed by atoms with E-state index in [1.54, 1.807) is 13.3 Å². The molecule has 0 aliphatic heterocycles. The summed E-state index contributed by atoms with van der Waals surface area (Å²) in [5.74, 6) is 0. The fraction of sp³-hybridized carbons (Fsp3) is 0.571. The van der Waals surface area contributed by atoms with Crippen LogP contribution in [0.25, 0.3) is 0 Å². The maximum atomic E-state index is 5.47. The Hall–Kier alpha value is -0.810. The Morgan fingerprint density at radius 3 is 3.00 bits per heavy atom. The van der Waals surface area contributed by atoms with Gasteiger partial charge in [0.25, 0.3) is 5.19 Å². The molecule has 1 aromatic heterocycles. The first-order chi connectivity index (χ1) is 5.72. The van der Waals surface area contributed by atoms with Crippen LogP contribution in [0.2, 0.25) is 0 Å². The number of thiazole rings is 1. The van der Waals surface area contributed by atoms with E-state index in [4.69, 9.17) is 15.2 Å². The molecule has 1 atom stereocenters. The van der Waals surface area contributed by atoms with Crippen LogP contribution in [0.15, 0.2) is 6.20 Å². The molecule has 0 aliphatic rings. The number of hydrogen-bond donors (Lipinski definition) is 1. The van der Waals surface area contributed by atoms with Crippen LogP contribution in [0.1, 0.15) is 6.92 Å². The van der Waals surface area contributed by atoms with E-state index in [9.17, 15) is 0 Å². The molecule has 5 heteroatoms. The normalized spacial score (nSPS) is 12.8. The van der Waals surface area contributed by atoms with Gasteiger partial charge in [0, 0.05) is 7.11 Å². The highest BCUT2D eigenvalue weighted by molar-refractivity contribution is 7.17. The number of methoxy groups -OCH3 is 1. The predicted octanol–water partition coefficient (Wildman–Crippen LogP) is 1.14. The van der Waals surface area contributed by atoms with Gasteiger partial charge in [-0.25, -0.2) is 4.98 Å². The van der Waals surface area contributed by atoms with Gasteiger partial charge in [-0.3, -0.25) is 0 Å². The van der Waals surface area contributed by atoms with E-state index >= 15 is 0 Å². The summed E-state index contributed by atoms with van der Waals surface area (Å²) in [6, 6.07) is 0. The molecule has 68 valence electrons. The second-order valence-electron chi connectivity index (χ2n) is 2.41. The van der Waals surface area contributed by atoms with Crippen molar-refractivity contribution >= 4 is 16.3 Å². The molecule has 12 heavy (non-hydrogen) atoms. The van der Waals surface area contributed by atoms with Crippen LogP contribution in [0.3, 0.4) is 0 Å². The molecule has 0 spiro atoms. The lowest BCUT2D eigenvalue weighted by Crippen LogP contribution is -2.17. The van der Waals surface area contributed by atoms with Crippen LogP contribution in [-0.4, -0.2) is 24.8 Å². The van der Waals surface area contributed by atoms with Crippen LogP contribution in [-0.2, 0) is 4.74 Å². The summed E-state index contributed by atoms with van der Waals surface area (Å²) in [5.41, 5.74) is 5.47. The highest BCUT2D eigenvalue weighted by Gasteiger charge is 2.05. The summed E-state index contributed by atoms with van der Waals surface area (Å²) in [6.45, 7) is 2.47. The fourth-order valence-corrected chi connectivity index (χ4v) is 1.39. The van der Waals surface area contributed by atoms with E-state index in [0.717, 1.165) is 0 Å². The van der Waals surface area contributed by atoms with E-state index < -0.39 is 0 Å². The van der Waals surface area contributed by atoms with Crippen molar-refractivity contribution in [3.05, 3.63) is 6.20 Å². The largest absolute Gasteiger partial charge is 0.465 e. The summed E-state index contributed by atoms with van der Waals surface area (Å²) in [4.78, 5) is 3.95. The first-order valence-corrected chi connectivity index (χ1v) is 4.41. The van der Waals surface area contributed by atoms with Gasteiger partial charge in [-0.2, -0.15) is 0 Å². The minimum atomic E-state index is 0.0144. The quantitative estimate of drug-likeness (QED) is 0.769. The molecule has 0 fully saturated rings. The molecular weight excluding hydrogens is 176 g/mol. The Morgan fingerprint density at radius 2 is 2.50 bits per heavy atom. The van der Waals surface area contributed by atoms with Gasteiger partial charge < -0.3 is 15.2 Å². The van der Waals surface area contributed by atoms with Gasteiger partial charge in [0.1, 0.15) is 11.1 Å². The van der Waals surface area contributed by atoms with E-state index in [2.05, 4.69) is 4.98 Å². The third-order valence-corrected chi connectivity index (χ3v) is 1.92. The molecular formula is C7H12N2O2S. The van der Waals surface area contributed by atoms with Crippen LogP contribution in [0.4, 0.5) is 5.00 Å². The number of anilines is 1. The maximum Gasteiger partial charge on any atom is 0.275 e. The number of hydrogen-bond acceptors (Lipinski definition) is 5. The average Bonchev–Trinajstić information content (AvgIpc) is 2.36. The van der Waals surface area contributed by atoms with Gasteiger partial charge in [0.15, 0.2) is 0 Å². The fourth-order valence-electron chi connectivity index (χ4n) is 0.765. The van der Waals surface area contributed by atoms with E-state index in [1.807, 2.05) is 6.92 Å². The number of nitrogens with two attached hydrogens (primary N) is 1. The summed E-state index contributed by atoms with van der Waals surface area (Å²) >= 11 is 1.33. The highest BCUT2D eigenvalue weighted by Crippen LogP contribution is 2.22. The Labute approximate surface area is 75.3 Å². The summed E-state index contributed by atoms with van der Waals surface area (Å²) in [7, 11) is 1.63. The Kier molecular flexibility index (Phi) is 3.31. The molecule has 1 aromatic rings. The molecule has 0 radical (unpaired) electrons. The van der Waals surface area contributed by atoms with Crippen LogP contribution in [0.5, 0.6) is 5.19 Å². The highest BCUT2D eigenvalue weighted by atomic mass is 32.1. The first kappa shape index (κ1) is 9.28. The Morgan fingerprint density at radius 1 is 1.75 bits per heavy atom. The lowest BCUT2D eigenvalue weighted by molar-refractivity contribution is 0.0919. The second-order valence-corrected chi connectivity index (χ2v) is 3.44. The average molecular weight is 188 g/mol. The van der Waals surface area contributed by atoms with Gasteiger partial charge in [-0.1, -0.05) is 11.3 Å². The SMILES string of the molecule is COCC(C)Oc1ncc(N)s1. The zero-order valence-corrected chi connectivity index (χ0v) is 7.93. The zero-order valence-electron chi connectivity index (χ0n) is 7.11. The minimum Gasteiger partial charge on any atom is -0.465 e. The zero-order chi connectivity index (χ0) is 8.97. The lowest BCUT2D eigenvalue weighted by Gasteiger charge is -2.09. The molecule has 1 heterocycles. The van der Waals surface area contributed by atoms with Crippen molar-refractivity contribution in [2.45, 2.75) is 13.0 Å². The van der Waals surface area contributed by atoms with Crippen molar-refractivity contribution in [3.8, 4) is 5.19 Å². The van der Waals surface area contributed by atoms with Crippen molar-refractivity contribution in [1.82, 2.24) is 4.98 Å². The van der Waals surface area contributed by atoms with E-state index in [-0.39, 0.29) is 6.10 Å². The van der Waals surface area contributed by atoms with Gasteiger partial charge in [0.2, 0.25) is 0 Å². The third kappa shape index (κ3) is 2.67. The van der Waals surface area contributed by atoms with Crippen molar-refractivity contribution in [3.63, 3.8) is 0 Å². The van der Waals surface area contributed by atoms with Crippen molar-refractivity contribution in [1.29, 1.82) is 0 Å². The molecule has 0 aromatic carbocycles. The molecule has 1 unspecified atom stereocenters. The standard InChI is InChI=1S/C7H12N2O2S/c1-5(4-10-2)11-7-9-3-6(8)12-7/h3,5H,4,8H2,1-2H3.